The van der Waals surface area contributed by atoms with Crippen LogP contribution >= 0.6 is 0 Å². The fourth-order valence-electron chi connectivity index (χ4n) is 3.60. The third-order valence-corrected chi connectivity index (χ3v) is 5.08. The normalized spacial score (nSPS) is 17.9. The van der Waals surface area contributed by atoms with Gasteiger partial charge in [0.1, 0.15) is 0 Å². The van der Waals surface area contributed by atoms with Crippen molar-refractivity contribution in [3.8, 4) is 11.3 Å². The number of benzene rings is 2. The van der Waals surface area contributed by atoms with Crippen LogP contribution in [0.2, 0.25) is 0 Å². The number of pyridine rings is 1. The summed E-state index contributed by atoms with van der Waals surface area (Å²) >= 11 is 0. The van der Waals surface area contributed by atoms with Crippen LogP contribution in [-0.2, 0) is 0 Å². The molecule has 0 radical (unpaired) electrons. The van der Waals surface area contributed by atoms with Gasteiger partial charge in [-0.05, 0) is 31.4 Å². The Morgan fingerprint density at radius 2 is 1.77 bits per heavy atom. The fourth-order valence-corrected chi connectivity index (χ4v) is 3.60. The lowest BCUT2D eigenvalue weighted by atomic mass is 10.0. The van der Waals surface area contributed by atoms with Crippen LogP contribution in [0.3, 0.4) is 0 Å². The van der Waals surface area contributed by atoms with Gasteiger partial charge in [-0.15, -0.1) is 0 Å². The molecule has 0 spiro atoms. The minimum absolute atomic E-state index is 0.0786. The number of aromatic nitrogens is 1. The third-order valence-electron chi connectivity index (χ3n) is 5.08. The summed E-state index contributed by atoms with van der Waals surface area (Å²) in [6.07, 6.45) is 2.80. The van der Waals surface area contributed by atoms with Crippen LogP contribution < -0.4 is 5.73 Å². The number of carbonyl (C=O) groups is 1. The second kappa shape index (κ2) is 7.26. The zero-order chi connectivity index (χ0) is 17.9. The molecule has 4 heteroatoms. The summed E-state index contributed by atoms with van der Waals surface area (Å²) in [6.45, 7) is 1.49. The van der Waals surface area contributed by atoms with Gasteiger partial charge < -0.3 is 10.6 Å². The predicted octanol–water partition coefficient (Wildman–Crippen LogP) is 3.86. The molecule has 4 rings (SSSR count). The van der Waals surface area contributed by atoms with Crippen molar-refractivity contribution in [3.63, 3.8) is 0 Å². The molecule has 4 nitrogen and oxygen atoms in total. The number of carbonyl (C=O) groups excluding carboxylic acids is 1. The molecule has 3 aromatic rings. The molecule has 0 bridgehead atoms. The highest BCUT2D eigenvalue weighted by Gasteiger charge is 2.22. The van der Waals surface area contributed by atoms with Gasteiger partial charge in [-0.2, -0.15) is 0 Å². The van der Waals surface area contributed by atoms with Crippen LogP contribution in [0.4, 0.5) is 0 Å². The number of amides is 1. The van der Waals surface area contributed by atoms with Crippen LogP contribution in [0.5, 0.6) is 0 Å². The van der Waals surface area contributed by atoms with E-state index in [1.165, 1.54) is 0 Å². The molecule has 1 atom stereocenters. The Morgan fingerprint density at radius 1 is 1.00 bits per heavy atom. The van der Waals surface area contributed by atoms with Crippen LogP contribution in [0.1, 0.15) is 29.6 Å². The van der Waals surface area contributed by atoms with Crippen molar-refractivity contribution in [1.29, 1.82) is 0 Å². The minimum atomic E-state index is 0.0786. The van der Waals surface area contributed by atoms with Crippen molar-refractivity contribution in [2.24, 2.45) is 5.73 Å². The van der Waals surface area contributed by atoms with E-state index in [1.807, 2.05) is 65.6 Å². The SMILES string of the molecule is NC1CCCN(C(=O)c2cc(-c3ccccc3)nc3ccccc23)CC1. The van der Waals surface area contributed by atoms with Gasteiger partial charge in [-0.25, -0.2) is 4.98 Å². The zero-order valence-electron chi connectivity index (χ0n) is 14.8. The maximum Gasteiger partial charge on any atom is 0.254 e. The molecular formula is C22H23N3O. The molecule has 2 N–H and O–H groups in total. The van der Waals surface area contributed by atoms with E-state index in [0.29, 0.717) is 0 Å². The molecule has 0 saturated carbocycles. The van der Waals surface area contributed by atoms with Crippen LogP contribution in [0, 0.1) is 0 Å². The molecule has 132 valence electrons. The average Bonchev–Trinajstić information content (AvgIpc) is 2.92. The first kappa shape index (κ1) is 16.7. The molecule has 26 heavy (non-hydrogen) atoms. The highest BCUT2D eigenvalue weighted by atomic mass is 16.2. The van der Waals surface area contributed by atoms with E-state index in [2.05, 4.69) is 0 Å². The summed E-state index contributed by atoms with van der Waals surface area (Å²) in [6, 6.07) is 20.0. The zero-order valence-corrected chi connectivity index (χ0v) is 14.8. The van der Waals surface area contributed by atoms with Crippen molar-refractivity contribution in [2.45, 2.75) is 25.3 Å². The predicted molar refractivity (Wildman–Crippen MR) is 105 cm³/mol. The monoisotopic (exact) mass is 345 g/mol. The van der Waals surface area contributed by atoms with Gasteiger partial charge in [0.15, 0.2) is 0 Å². The molecular weight excluding hydrogens is 322 g/mol. The first-order chi connectivity index (χ1) is 12.7. The average molecular weight is 345 g/mol. The van der Waals surface area contributed by atoms with E-state index in [4.69, 9.17) is 10.7 Å². The third kappa shape index (κ3) is 3.33. The van der Waals surface area contributed by atoms with Crippen LogP contribution in [-0.4, -0.2) is 34.9 Å². The van der Waals surface area contributed by atoms with Gasteiger partial charge in [0.2, 0.25) is 0 Å². The van der Waals surface area contributed by atoms with Crippen molar-refractivity contribution >= 4 is 16.8 Å². The van der Waals surface area contributed by atoms with Crippen LogP contribution in [0.25, 0.3) is 22.2 Å². The molecule has 1 saturated heterocycles. The lowest BCUT2D eigenvalue weighted by molar-refractivity contribution is 0.0763. The lowest BCUT2D eigenvalue weighted by Gasteiger charge is -2.21. The molecule has 1 unspecified atom stereocenters. The number of likely N-dealkylation sites (tertiary alicyclic amines) is 1. The van der Waals surface area contributed by atoms with Crippen molar-refractivity contribution in [2.75, 3.05) is 13.1 Å². The summed E-state index contributed by atoms with van der Waals surface area (Å²) in [4.78, 5) is 20.0. The van der Waals surface area contributed by atoms with E-state index in [0.717, 1.165) is 60.1 Å². The Balaban J connectivity index is 1.79. The number of hydrogen-bond acceptors (Lipinski definition) is 3. The Labute approximate surface area is 153 Å². The van der Waals surface area contributed by atoms with Gasteiger partial charge in [0.05, 0.1) is 16.8 Å². The Hall–Kier alpha value is -2.72. The number of rotatable bonds is 2. The molecule has 1 aliphatic heterocycles. The maximum atomic E-state index is 13.3. The maximum absolute atomic E-state index is 13.3. The van der Waals surface area contributed by atoms with Crippen molar-refractivity contribution in [1.82, 2.24) is 9.88 Å². The van der Waals surface area contributed by atoms with Gasteiger partial charge in [-0.1, -0.05) is 48.5 Å². The van der Waals surface area contributed by atoms with Gasteiger partial charge >= 0.3 is 0 Å². The number of hydrogen-bond donors (Lipinski definition) is 1. The number of nitrogens with two attached hydrogens (primary N) is 1. The second-order valence-corrected chi connectivity index (χ2v) is 6.92. The molecule has 1 aliphatic rings. The van der Waals surface area contributed by atoms with Gasteiger partial charge in [-0.3, -0.25) is 4.79 Å². The van der Waals surface area contributed by atoms with E-state index in [1.54, 1.807) is 0 Å². The largest absolute Gasteiger partial charge is 0.339 e. The Morgan fingerprint density at radius 3 is 2.62 bits per heavy atom. The van der Waals surface area contributed by atoms with E-state index >= 15 is 0 Å². The second-order valence-electron chi connectivity index (χ2n) is 6.92. The molecule has 2 heterocycles. The number of fused-ring (bicyclic) bond motifs is 1. The minimum Gasteiger partial charge on any atom is -0.339 e. The highest BCUT2D eigenvalue weighted by Crippen LogP contribution is 2.26. The fraction of sp³-hybridized carbons (Fsp3) is 0.273. The number of nitrogens with zero attached hydrogens (tertiary/aromatic N) is 2. The Bertz CT molecular complexity index is 923. The molecule has 1 amide bonds. The van der Waals surface area contributed by atoms with Crippen molar-refractivity contribution < 1.29 is 4.79 Å². The first-order valence-corrected chi connectivity index (χ1v) is 9.22. The molecule has 0 aliphatic carbocycles. The standard InChI is InChI=1S/C22H23N3O/c23-17-9-6-13-25(14-12-17)22(26)19-15-21(16-7-2-1-3-8-16)24-20-11-5-4-10-18(19)20/h1-5,7-8,10-11,15,17H,6,9,12-14,23H2. The summed E-state index contributed by atoms with van der Waals surface area (Å²) in [5.41, 5.74) is 9.51. The lowest BCUT2D eigenvalue weighted by Crippen LogP contribution is -2.33. The summed E-state index contributed by atoms with van der Waals surface area (Å²) in [5.74, 6) is 0.0786. The summed E-state index contributed by atoms with van der Waals surface area (Å²) < 4.78 is 0. The van der Waals surface area contributed by atoms with E-state index in [-0.39, 0.29) is 11.9 Å². The quantitative estimate of drug-likeness (QED) is 0.767. The number of para-hydroxylation sites is 1. The molecule has 2 aromatic carbocycles. The Kier molecular flexibility index (Phi) is 4.67. The van der Waals surface area contributed by atoms with Crippen molar-refractivity contribution in [3.05, 3.63) is 66.2 Å². The van der Waals surface area contributed by atoms with Gasteiger partial charge in [0, 0.05) is 30.1 Å². The van der Waals surface area contributed by atoms with Gasteiger partial charge in [0.25, 0.3) is 5.91 Å². The first-order valence-electron chi connectivity index (χ1n) is 9.22. The molecule has 1 aromatic heterocycles. The van der Waals surface area contributed by atoms with E-state index < -0.39 is 0 Å². The van der Waals surface area contributed by atoms with E-state index in [9.17, 15) is 4.79 Å². The van der Waals surface area contributed by atoms with Crippen LogP contribution in [0.15, 0.2) is 60.7 Å². The topological polar surface area (TPSA) is 59.2 Å². The summed E-state index contributed by atoms with van der Waals surface area (Å²) in [7, 11) is 0. The smallest absolute Gasteiger partial charge is 0.254 e. The summed E-state index contributed by atoms with van der Waals surface area (Å²) in [5, 5.41) is 0.908. The highest BCUT2D eigenvalue weighted by molar-refractivity contribution is 6.07. The molecule has 1 fully saturated rings.